The smallest absolute Gasteiger partial charge is 0.0685 e. The predicted molar refractivity (Wildman–Crippen MR) is 37.9 cm³/mol. The molecule has 42 valence electrons. The van der Waals surface area contributed by atoms with E-state index in [-0.39, 0.29) is 0 Å². The van der Waals surface area contributed by atoms with E-state index in [0.717, 1.165) is 13.2 Å². The zero-order valence-corrected chi connectivity index (χ0v) is 6.57. The Bertz CT molecular complexity index is 63.0. The average Bonchev–Trinajstić information content (AvgIpc) is 1.61. The summed E-state index contributed by atoms with van der Waals surface area (Å²) in [4.78, 5) is 0. The largest absolute Gasteiger partial charge is 0.379 e. The van der Waals surface area contributed by atoms with Gasteiger partial charge in [-0.3, -0.25) is 0 Å². The van der Waals surface area contributed by atoms with Gasteiger partial charge in [-0.2, -0.15) is 0 Å². The first-order valence-electron chi connectivity index (χ1n) is 2.53. The summed E-state index contributed by atoms with van der Waals surface area (Å²) in [6.07, 6.45) is 1.24. The molecule has 0 spiro atoms. The van der Waals surface area contributed by atoms with Crippen molar-refractivity contribution in [2.45, 2.75) is 16.8 Å². The van der Waals surface area contributed by atoms with E-state index in [1.807, 2.05) is 0 Å². The maximum absolute atomic E-state index is 5.02. The van der Waals surface area contributed by atoms with Crippen molar-refractivity contribution < 1.29 is 4.74 Å². The van der Waals surface area contributed by atoms with Crippen molar-refractivity contribution in [1.82, 2.24) is 0 Å². The topological polar surface area (TPSA) is 9.23 Å². The lowest BCUT2D eigenvalue weighted by Crippen LogP contribution is -2.42. The molecule has 0 aromatic carbocycles. The Labute approximate surface area is 57.6 Å². The highest BCUT2D eigenvalue weighted by atomic mass is 127. The Morgan fingerprint density at radius 3 is 2.29 bits per heavy atom. The van der Waals surface area contributed by atoms with Gasteiger partial charge in [-0.1, -0.05) is 29.5 Å². The number of hydrogen-bond acceptors (Lipinski definition) is 1. The second kappa shape index (κ2) is 1.90. The van der Waals surface area contributed by atoms with Crippen LogP contribution in [0.2, 0.25) is 0 Å². The summed E-state index contributed by atoms with van der Waals surface area (Å²) >= 11 is 2.47. The molecule has 1 heterocycles. The normalized spacial score (nSPS) is 26.6. The van der Waals surface area contributed by atoms with Crippen LogP contribution in [-0.2, 0) is 4.74 Å². The van der Waals surface area contributed by atoms with Crippen LogP contribution in [0.1, 0.15) is 13.3 Å². The molecular weight excluding hydrogens is 203 g/mol. The molecule has 0 aromatic heterocycles. The highest BCUT2D eigenvalue weighted by Gasteiger charge is 2.32. The van der Waals surface area contributed by atoms with Crippen molar-refractivity contribution in [3.05, 3.63) is 0 Å². The lowest BCUT2D eigenvalue weighted by atomic mass is 10.1. The van der Waals surface area contributed by atoms with E-state index in [1.165, 1.54) is 6.42 Å². The van der Waals surface area contributed by atoms with Gasteiger partial charge in [-0.05, 0) is 6.42 Å². The van der Waals surface area contributed by atoms with Crippen LogP contribution >= 0.6 is 22.6 Å². The van der Waals surface area contributed by atoms with Crippen molar-refractivity contribution in [2.24, 2.45) is 0 Å². The number of alkyl halides is 1. The molecule has 1 aliphatic rings. The lowest BCUT2D eigenvalue weighted by molar-refractivity contribution is -0.000943. The molecule has 1 saturated heterocycles. The van der Waals surface area contributed by atoms with Crippen molar-refractivity contribution in [3.8, 4) is 0 Å². The number of hydrogen-bond donors (Lipinski definition) is 0. The highest BCUT2D eigenvalue weighted by molar-refractivity contribution is 14.1. The zero-order chi connectivity index (χ0) is 5.33. The van der Waals surface area contributed by atoms with Gasteiger partial charge in [-0.15, -0.1) is 0 Å². The minimum Gasteiger partial charge on any atom is -0.379 e. The van der Waals surface area contributed by atoms with E-state index < -0.39 is 0 Å². The second-order valence-electron chi connectivity index (χ2n) is 2.00. The lowest BCUT2D eigenvalue weighted by Gasteiger charge is -2.34. The maximum atomic E-state index is 5.02. The molecule has 2 heteroatoms. The van der Waals surface area contributed by atoms with E-state index in [4.69, 9.17) is 4.74 Å². The standard InChI is InChI=1S/C5H9IO/c1-2-5(6)3-7-4-5/h2-4H2,1H3. The molecule has 1 aliphatic heterocycles. The van der Waals surface area contributed by atoms with Crippen molar-refractivity contribution in [1.29, 1.82) is 0 Å². The van der Waals surface area contributed by atoms with Gasteiger partial charge in [0.1, 0.15) is 0 Å². The molecule has 0 unspecified atom stereocenters. The third-order valence-electron chi connectivity index (χ3n) is 1.36. The molecule has 0 bridgehead atoms. The van der Waals surface area contributed by atoms with E-state index in [9.17, 15) is 0 Å². The molecule has 0 amide bonds. The quantitative estimate of drug-likeness (QED) is 0.473. The Hall–Kier alpha value is 0.690. The van der Waals surface area contributed by atoms with Gasteiger partial charge < -0.3 is 4.74 Å². The molecule has 0 atom stereocenters. The minimum atomic E-state index is 0.512. The van der Waals surface area contributed by atoms with Gasteiger partial charge in [0.2, 0.25) is 0 Å². The van der Waals surface area contributed by atoms with Crippen LogP contribution in [0.5, 0.6) is 0 Å². The molecule has 0 N–H and O–H groups in total. The van der Waals surface area contributed by atoms with E-state index >= 15 is 0 Å². The van der Waals surface area contributed by atoms with Crippen LogP contribution < -0.4 is 0 Å². The van der Waals surface area contributed by atoms with E-state index in [2.05, 4.69) is 29.5 Å². The van der Waals surface area contributed by atoms with Crippen LogP contribution in [0.15, 0.2) is 0 Å². The predicted octanol–water partition coefficient (Wildman–Crippen LogP) is 1.60. The van der Waals surface area contributed by atoms with Gasteiger partial charge in [0, 0.05) is 0 Å². The highest BCUT2D eigenvalue weighted by Crippen LogP contribution is 2.30. The van der Waals surface area contributed by atoms with Crippen molar-refractivity contribution in [2.75, 3.05) is 13.2 Å². The second-order valence-corrected chi connectivity index (χ2v) is 4.29. The number of halogens is 1. The first-order chi connectivity index (χ1) is 3.27. The average molecular weight is 212 g/mol. The molecule has 0 radical (unpaired) electrons. The molecule has 7 heavy (non-hydrogen) atoms. The molecule has 0 aliphatic carbocycles. The van der Waals surface area contributed by atoms with Gasteiger partial charge in [0.05, 0.1) is 16.6 Å². The summed E-state index contributed by atoms with van der Waals surface area (Å²) < 4.78 is 5.53. The Kier molecular flexibility index (Phi) is 1.58. The summed E-state index contributed by atoms with van der Waals surface area (Å²) in [5.74, 6) is 0. The maximum Gasteiger partial charge on any atom is 0.0685 e. The molecule has 1 nitrogen and oxygen atoms in total. The summed E-state index contributed by atoms with van der Waals surface area (Å²) in [6, 6.07) is 0. The van der Waals surface area contributed by atoms with Crippen LogP contribution in [0.25, 0.3) is 0 Å². The number of ether oxygens (including phenoxy) is 1. The SMILES string of the molecule is CCC1(I)COC1. The summed E-state index contributed by atoms with van der Waals surface area (Å²) in [5, 5.41) is 0. The molecule has 1 fully saturated rings. The monoisotopic (exact) mass is 212 g/mol. The Morgan fingerprint density at radius 1 is 1.71 bits per heavy atom. The first-order valence-corrected chi connectivity index (χ1v) is 3.61. The summed E-state index contributed by atoms with van der Waals surface area (Å²) in [5.41, 5.74) is 0. The molecule has 0 saturated carbocycles. The first kappa shape index (κ1) is 5.82. The van der Waals surface area contributed by atoms with Crippen LogP contribution in [0, 0.1) is 0 Å². The van der Waals surface area contributed by atoms with Crippen LogP contribution in [0.3, 0.4) is 0 Å². The van der Waals surface area contributed by atoms with Gasteiger partial charge in [-0.25, -0.2) is 0 Å². The van der Waals surface area contributed by atoms with Gasteiger partial charge in [0.15, 0.2) is 0 Å². The van der Waals surface area contributed by atoms with Crippen LogP contribution in [0.4, 0.5) is 0 Å². The van der Waals surface area contributed by atoms with Gasteiger partial charge >= 0.3 is 0 Å². The van der Waals surface area contributed by atoms with E-state index in [0.29, 0.717) is 3.42 Å². The molecule has 0 aromatic rings. The summed E-state index contributed by atoms with van der Waals surface area (Å²) in [7, 11) is 0. The molecular formula is C5H9IO. The fourth-order valence-corrected chi connectivity index (χ4v) is 0.968. The summed E-state index contributed by atoms with van der Waals surface area (Å²) in [6.45, 7) is 4.13. The van der Waals surface area contributed by atoms with Crippen LogP contribution in [-0.4, -0.2) is 16.6 Å². The third-order valence-corrected chi connectivity index (χ3v) is 2.74. The zero-order valence-electron chi connectivity index (χ0n) is 4.41. The van der Waals surface area contributed by atoms with Gasteiger partial charge in [0.25, 0.3) is 0 Å². The van der Waals surface area contributed by atoms with E-state index in [1.54, 1.807) is 0 Å². The fraction of sp³-hybridized carbons (Fsp3) is 1.00. The third kappa shape index (κ3) is 1.08. The Morgan fingerprint density at radius 2 is 2.29 bits per heavy atom. The minimum absolute atomic E-state index is 0.512. The number of rotatable bonds is 1. The van der Waals surface area contributed by atoms with Crippen molar-refractivity contribution >= 4 is 22.6 Å². The Balaban J connectivity index is 2.29. The van der Waals surface area contributed by atoms with Crippen molar-refractivity contribution in [3.63, 3.8) is 0 Å². The molecule has 1 rings (SSSR count). The fourth-order valence-electron chi connectivity index (χ4n) is 0.528.